The lowest BCUT2D eigenvalue weighted by Gasteiger charge is -2.49. The maximum absolute atomic E-state index is 13.5. The van der Waals surface area contributed by atoms with Crippen LogP contribution in [0.4, 0.5) is 4.39 Å². The van der Waals surface area contributed by atoms with Crippen molar-refractivity contribution in [1.82, 2.24) is 25.4 Å². The average Bonchev–Trinajstić information content (AvgIpc) is 3.21. The van der Waals surface area contributed by atoms with Gasteiger partial charge in [0.15, 0.2) is 5.96 Å². The highest BCUT2D eigenvalue weighted by Crippen LogP contribution is 2.31. The Balaban J connectivity index is 0.00000306. The summed E-state index contributed by atoms with van der Waals surface area (Å²) in [5, 5.41) is 8.04. The Morgan fingerprint density at radius 3 is 2.61 bits per heavy atom. The van der Waals surface area contributed by atoms with Crippen molar-refractivity contribution in [3.05, 3.63) is 35.8 Å². The number of nitrogens with one attached hydrogen (secondary N) is 3. The molecule has 2 aromatic rings. The van der Waals surface area contributed by atoms with Gasteiger partial charge < -0.3 is 20.5 Å². The number of halogens is 2. The van der Waals surface area contributed by atoms with Crippen LogP contribution in [0.3, 0.4) is 0 Å². The third-order valence-corrected chi connectivity index (χ3v) is 7.24. The van der Waals surface area contributed by atoms with Gasteiger partial charge in [-0.25, -0.2) is 4.39 Å². The van der Waals surface area contributed by atoms with Gasteiger partial charge in [-0.2, -0.15) is 0 Å². The van der Waals surface area contributed by atoms with Gasteiger partial charge in [0.05, 0.1) is 6.54 Å². The predicted octanol–water partition coefficient (Wildman–Crippen LogP) is 3.97. The topological polar surface area (TPSA) is 58.7 Å². The molecule has 0 aliphatic carbocycles. The van der Waals surface area contributed by atoms with Crippen LogP contribution in [0.25, 0.3) is 10.9 Å². The van der Waals surface area contributed by atoms with Gasteiger partial charge in [-0.15, -0.1) is 24.0 Å². The Hall–Kier alpha value is -1.39. The van der Waals surface area contributed by atoms with Crippen molar-refractivity contribution < 1.29 is 4.39 Å². The van der Waals surface area contributed by atoms with E-state index in [0.717, 1.165) is 56.0 Å². The maximum atomic E-state index is 13.5. The first-order chi connectivity index (χ1) is 15.6. The van der Waals surface area contributed by atoms with Crippen LogP contribution in [-0.4, -0.2) is 79.1 Å². The number of guanidine groups is 1. The molecule has 0 saturated carbocycles. The van der Waals surface area contributed by atoms with E-state index < -0.39 is 0 Å². The molecule has 184 valence electrons. The van der Waals surface area contributed by atoms with E-state index >= 15 is 0 Å². The molecule has 0 amide bonds. The smallest absolute Gasteiger partial charge is 0.191 e. The molecule has 2 saturated heterocycles. The summed E-state index contributed by atoms with van der Waals surface area (Å²) in [6.45, 7) is 9.32. The maximum Gasteiger partial charge on any atom is 0.191 e. The largest absolute Gasteiger partial charge is 0.361 e. The Kier molecular flexibility index (Phi) is 9.81. The zero-order valence-electron chi connectivity index (χ0n) is 20.1. The quantitative estimate of drug-likeness (QED) is 0.268. The number of aromatic nitrogens is 1. The molecule has 8 heteroatoms. The first-order valence-electron chi connectivity index (χ1n) is 12.3. The second kappa shape index (κ2) is 12.4. The molecule has 1 aromatic heterocycles. The molecule has 0 radical (unpaired) electrons. The van der Waals surface area contributed by atoms with Crippen molar-refractivity contribution in [3.63, 3.8) is 0 Å². The van der Waals surface area contributed by atoms with Crippen LogP contribution in [-0.2, 0) is 6.42 Å². The first-order valence-corrected chi connectivity index (χ1v) is 12.3. The molecule has 33 heavy (non-hydrogen) atoms. The summed E-state index contributed by atoms with van der Waals surface area (Å²) < 4.78 is 13.5. The van der Waals surface area contributed by atoms with E-state index in [1.807, 2.05) is 12.3 Å². The summed E-state index contributed by atoms with van der Waals surface area (Å²) in [5.74, 6) is 0.691. The summed E-state index contributed by atoms with van der Waals surface area (Å²) in [5.41, 5.74) is 2.24. The normalized spacial score (nSPS) is 19.9. The van der Waals surface area contributed by atoms with Crippen LogP contribution < -0.4 is 10.6 Å². The number of aliphatic imine (C=N–C) groups is 1. The lowest BCUT2D eigenvalue weighted by molar-refractivity contribution is 0.0208. The van der Waals surface area contributed by atoms with Gasteiger partial charge >= 0.3 is 0 Å². The number of aromatic amines is 1. The van der Waals surface area contributed by atoms with Gasteiger partial charge in [0.1, 0.15) is 5.82 Å². The molecule has 0 spiro atoms. The van der Waals surface area contributed by atoms with Crippen LogP contribution in [0, 0.1) is 5.82 Å². The van der Waals surface area contributed by atoms with Gasteiger partial charge in [-0.05, 0) is 96.0 Å². The fourth-order valence-electron chi connectivity index (χ4n) is 5.23. The third-order valence-electron chi connectivity index (χ3n) is 7.24. The predicted molar refractivity (Wildman–Crippen MR) is 146 cm³/mol. The van der Waals surface area contributed by atoms with E-state index in [9.17, 15) is 4.39 Å². The molecule has 6 nitrogen and oxygen atoms in total. The van der Waals surface area contributed by atoms with E-state index in [0.29, 0.717) is 0 Å². The molecule has 2 aliphatic rings. The molecular formula is C25H40FIN6. The molecule has 3 heterocycles. The van der Waals surface area contributed by atoms with Crippen molar-refractivity contribution in [3.8, 4) is 0 Å². The minimum Gasteiger partial charge on any atom is -0.361 e. The Labute approximate surface area is 214 Å². The Morgan fingerprint density at radius 1 is 1.12 bits per heavy atom. The van der Waals surface area contributed by atoms with E-state index in [1.165, 1.54) is 56.8 Å². The highest BCUT2D eigenvalue weighted by molar-refractivity contribution is 14.0. The number of nitrogens with zero attached hydrogens (tertiary/aromatic N) is 3. The number of benzene rings is 1. The number of likely N-dealkylation sites (tertiary alicyclic amines) is 2. The monoisotopic (exact) mass is 570 g/mol. The molecule has 0 unspecified atom stereocenters. The lowest BCUT2D eigenvalue weighted by atomic mass is 9.84. The Morgan fingerprint density at radius 2 is 1.88 bits per heavy atom. The molecule has 1 aromatic carbocycles. The standard InChI is InChI=1S/C25H39FN6.HI/c1-3-27-24(28-12-9-20-18-29-23-17-21(26)7-8-22(20)23)30-19-25(10-15-31(2)16-11-25)32-13-5-4-6-14-32;/h7-8,17-18,29H,3-6,9-16,19H2,1-2H3,(H2,27,28,30);1H. The Bertz CT molecular complexity index is 899. The van der Waals surface area contributed by atoms with E-state index in [4.69, 9.17) is 4.99 Å². The van der Waals surface area contributed by atoms with Gasteiger partial charge in [0.2, 0.25) is 0 Å². The third kappa shape index (κ3) is 6.60. The summed E-state index contributed by atoms with van der Waals surface area (Å²) in [7, 11) is 2.23. The van der Waals surface area contributed by atoms with Crippen molar-refractivity contribution in [2.24, 2.45) is 4.99 Å². The molecule has 0 bridgehead atoms. The van der Waals surface area contributed by atoms with Crippen LogP contribution in [0.2, 0.25) is 0 Å². The minimum atomic E-state index is -0.206. The van der Waals surface area contributed by atoms with Crippen molar-refractivity contribution >= 4 is 40.8 Å². The second-order valence-electron chi connectivity index (χ2n) is 9.45. The van der Waals surface area contributed by atoms with E-state index in [2.05, 4.69) is 39.4 Å². The van der Waals surface area contributed by atoms with Crippen molar-refractivity contribution in [1.29, 1.82) is 0 Å². The lowest BCUT2D eigenvalue weighted by Crippen LogP contribution is -2.58. The van der Waals surface area contributed by atoms with Gasteiger partial charge in [-0.1, -0.05) is 6.42 Å². The fraction of sp³-hybridized carbons (Fsp3) is 0.640. The zero-order valence-corrected chi connectivity index (χ0v) is 22.5. The summed E-state index contributed by atoms with van der Waals surface area (Å²) in [4.78, 5) is 13.4. The van der Waals surface area contributed by atoms with E-state index in [-0.39, 0.29) is 35.3 Å². The number of H-pyrrole nitrogens is 1. The number of fused-ring (bicyclic) bond motifs is 1. The molecule has 2 aliphatic heterocycles. The highest BCUT2D eigenvalue weighted by Gasteiger charge is 2.39. The summed E-state index contributed by atoms with van der Waals surface area (Å²) >= 11 is 0. The van der Waals surface area contributed by atoms with Crippen LogP contribution in [0.15, 0.2) is 29.4 Å². The number of hydrogen-bond donors (Lipinski definition) is 3. The second-order valence-corrected chi connectivity index (χ2v) is 9.45. The summed E-state index contributed by atoms with van der Waals surface area (Å²) in [6, 6.07) is 4.94. The van der Waals surface area contributed by atoms with Crippen LogP contribution in [0.5, 0.6) is 0 Å². The SMILES string of the molecule is CCNC(=NCC1(N2CCCCC2)CCN(C)CC1)NCCc1c[nH]c2cc(F)ccc12.I. The van der Waals surface area contributed by atoms with Crippen molar-refractivity contribution in [2.45, 2.75) is 51.0 Å². The molecule has 2 fully saturated rings. The van der Waals surface area contributed by atoms with Crippen LogP contribution in [0.1, 0.15) is 44.6 Å². The van der Waals surface area contributed by atoms with Gasteiger partial charge in [-0.3, -0.25) is 9.89 Å². The average molecular weight is 571 g/mol. The fourth-order valence-corrected chi connectivity index (χ4v) is 5.23. The number of rotatable bonds is 7. The first kappa shape index (κ1) is 26.2. The van der Waals surface area contributed by atoms with Crippen molar-refractivity contribution in [2.75, 3.05) is 52.9 Å². The summed E-state index contributed by atoms with van der Waals surface area (Å²) in [6.07, 6.45) is 9.22. The minimum absolute atomic E-state index is 0. The number of hydrogen-bond acceptors (Lipinski definition) is 3. The van der Waals surface area contributed by atoms with Gasteiger partial charge in [0, 0.05) is 35.7 Å². The van der Waals surface area contributed by atoms with Crippen LogP contribution >= 0.6 is 24.0 Å². The number of piperidine rings is 2. The molecular weight excluding hydrogens is 530 g/mol. The van der Waals surface area contributed by atoms with E-state index in [1.54, 1.807) is 6.07 Å². The molecule has 4 rings (SSSR count). The molecule has 0 atom stereocenters. The van der Waals surface area contributed by atoms with Gasteiger partial charge in [0.25, 0.3) is 0 Å². The molecule has 3 N–H and O–H groups in total. The zero-order chi connectivity index (χ0) is 22.4. The highest BCUT2D eigenvalue weighted by atomic mass is 127.